The lowest BCUT2D eigenvalue weighted by Crippen LogP contribution is -2.49. The van der Waals surface area contributed by atoms with Gasteiger partial charge in [-0.3, -0.25) is 9.58 Å². The van der Waals surface area contributed by atoms with Crippen molar-refractivity contribution < 1.29 is 0 Å². The van der Waals surface area contributed by atoms with Gasteiger partial charge >= 0.3 is 0 Å². The predicted octanol–water partition coefficient (Wildman–Crippen LogP) is 3.17. The molecule has 0 bridgehead atoms. The first-order chi connectivity index (χ1) is 12.3. The van der Waals surface area contributed by atoms with Gasteiger partial charge in [0.1, 0.15) is 0 Å². The zero-order valence-corrected chi connectivity index (χ0v) is 17.3. The van der Waals surface area contributed by atoms with Crippen molar-refractivity contribution in [2.24, 2.45) is 7.05 Å². The highest BCUT2D eigenvalue weighted by molar-refractivity contribution is 7.80. The molecule has 1 aromatic carbocycles. The van der Waals surface area contributed by atoms with Gasteiger partial charge in [0.15, 0.2) is 5.11 Å². The van der Waals surface area contributed by atoms with E-state index < -0.39 is 0 Å². The summed E-state index contributed by atoms with van der Waals surface area (Å²) >= 11 is 5.64. The Morgan fingerprint density at radius 2 is 1.81 bits per heavy atom. The maximum absolute atomic E-state index is 5.64. The lowest BCUT2D eigenvalue weighted by Gasteiger charge is -2.36. The largest absolute Gasteiger partial charge is 0.346 e. The van der Waals surface area contributed by atoms with Crippen LogP contribution in [-0.2, 0) is 13.6 Å². The van der Waals surface area contributed by atoms with Crippen molar-refractivity contribution in [2.45, 2.75) is 34.2 Å². The first-order valence-corrected chi connectivity index (χ1v) is 9.60. The molecule has 1 N–H and O–H groups in total. The number of anilines is 1. The minimum atomic E-state index is 0.824. The van der Waals surface area contributed by atoms with Crippen LogP contribution in [0.2, 0.25) is 0 Å². The quantitative estimate of drug-likeness (QED) is 0.839. The van der Waals surface area contributed by atoms with Crippen LogP contribution < -0.4 is 5.32 Å². The second-order valence-corrected chi connectivity index (χ2v) is 7.67. The third kappa shape index (κ3) is 4.07. The number of aryl methyl sites for hydroxylation is 4. The van der Waals surface area contributed by atoms with E-state index in [-0.39, 0.29) is 0 Å². The van der Waals surface area contributed by atoms with Crippen molar-refractivity contribution in [3.63, 3.8) is 0 Å². The fourth-order valence-electron chi connectivity index (χ4n) is 3.53. The van der Waals surface area contributed by atoms with Crippen molar-refractivity contribution in [3.05, 3.63) is 46.3 Å². The normalized spacial score (nSPS) is 15.3. The Morgan fingerprint density at radius 3 is 2.38 bits per heavy atom. The van der Waals surface area contributed by atoms with Crippen molar-refractivity contribution in [1.29, 1.82) is 0 Å². The van der Waals surface area contributed by atoms with Crippen LogP contribution >= 0.6 is 12.2 Å². The minimum absolute atomic E-state index is 0.824. The van der Waals surface area contributed by atoms with Crippen LogP contribution in [0.1, 0.15) is 28.1 Å². The number of rotatable bonds is 3. The van der Waals surface area contributed by atoms with Gasteiger partial charge in [-0.2, -0.15) is 5.10 Å². The Balaban J connectivity index is 1.55. The van der Waals surface area contributed by atoms with Crippen LogP contribution in [-0.4, -0.2) is 50.9 Å². The van der Waals surface area contributed by atoms with E-state index in [2.05, 4.69) is 66.1 Å². The van der Waals surface area contributed by atoms with E-state index in [0.717, 1.165) is 49.2 Å². The van der Waals surface area contributed by atoms with Gasteiger partial charge in [0.2, 0.25) is 0 Å². The smallest absolute Gasteiger partial charge is 0.173 e. The van der Waals surface area contributed by atoms with Crippen LogP contribution in [0.3, 0.4) is 0 Å². The van der Waals surface area contributed by atoms with Gasteiger partial charge in [-0.15, -0.1) is 0 Å². The molecule has 3 rings (SSSR count). The lowest BCUT2D eigenvalue weighted by atomic mass is 10.1. The second-order valence-electron chi connectivity index (χ2n) is 7.28. The highest BCUT2D eigenvalue weighted by Crippen LogP contribution is 2.18. The molecular formula is C20H29N5S. The van der Waals surface area contributed by atoms with Gasteiger partial charge in [-0.1, -0.05) is 17.7 Å². The molecule has 0 unspecified atom stereocenters. The Labute approximate surface area is 162 Å². The van der Waals surface area contributed by atoms with E-state index >= 15 is 0 Å². The topological polar surface area (TPSA) is 36.3 Å². The number of thiocarbonyl (C=S) groups is 1. The lowest BCUT2D eigenvalue weighted by molar-refractivity contribution is 0.176. The molecule has 1 aliphatic rings. The van der Waals surface area contributed by atoms with E-state index in [0.29, 0.717) is 0 Å². The highest BCUT2D eigenvalue weighted by atomic mass is 32.1. The van der Waals surface area contributed by atoms with Crippen LogP contribution in [0.4, 0.5) is 5.69 Å². The average Bonchev–Trinajstić information content (AvgIpc) is 2.84. The van der Waals surface area contributed by atoms with E-state index in [1.54, 1.807) is 0 Å². The average molecular weight is 372 g/mol. The molecule has 1 fully saturated rings. The van der Waals surface area contributed by atoms with Gasteiger partial charge in [-0.05, 0) is 51.5 Å². The molecule has 2 heterocycles. The summed E-state index contributed by atoms with van der Waals surface area (Å²) in [5.41, 5.74) is 7.36. The van der Waals surface area contributed by atoms with Gasteiger partial charge in [0.05, 0.1) is 5.69 Å². The monoisotopic (exact) mass is 371 g/mol. The van der Waals surface area contributed by atoms with E-state index in [1.165, 1.54) is 22.4 Å². The van der Waals surface area contributed by atoms with E-state index in [1.807, 2.05) is 11.7 Å². The Hall–Kier alpha value is -1.92. The van der Waals surface area contributed by atoms with Crippen molar-refractivity contribution >= 4 is 23.0 Å². The summed E-state index contributed by atoms with van der Waals surface area (Å²) in [7, 11) is 2.01. The van der Waals surface area contributed by atoms with Crippen LogP contribution in [0.5, 0.6) is 0 Å². The number of aromatic nitrogens is 2. The molecule has 2 aromatic rings. The molecule has 5 nitrogen and oxygen atoms in total. The standard InChI is InChI=1S/C20H29N5S/c1-14-6-7-19(15(2)12-14)21-20(26)25-10-8-24(9-11-25)13-18-16(3)22-23(5)17(18)4/h6-7,12H,8-11,13H2,1-5H3,(H,21,26). The maximum Gasteiger partial charge on any atom is 0.173 e. The summed E-state index contributed by atoms with van der Waals surface area (Å²) in [5.74, 6) is 0. The fourth-order valence-corrected chi connectivity index (χ4v) is 3.82. The molecule has 0 atom stereocenters. The van der Waals surface area contributed by atoms with Crippen molar-refractivity contribution in [2.75, 3.05) is 31.5 Å². The summed E-state index contributed by atoms with van der Waals surface area (Å²) < 4.78 is 1.98. The third-order valence-corrected chi connectivity index (χ3v) is 5.68. The molecule has 0 spiro atoms. The number of benzene rings is 1. The number of hydrogen-bond acceptors (Lipinski definition) is 3. The van der Waals surface area contributed by atoms with Gasteiger partial charge < -0.3 is 10.2 Å². The number of nitrogens with one attached hydrogen (secondary N) is 1. The molecule has 0 aliphatic carbocycles. The molecule has 6 heteroatoms. The summed E-state index contributed by atoms with van der Waals surface area (Å²) in [4.78, 5) is 4.77. The Bertz CT molecular complexity index is 803. The van der Waals surface area contributed by atoms with Gasteiger partial charge in [0.25, 0.3) is 0 Å². The van der Waals surface area contributed by atoms with E-state index in [4.69, 9.17) is 12.2 Å². The third-order valence-electron chi connectivity index (χ3n) is 5.32. The summed E-state index contributed by atoms with van der Waals surface area (Å²) in [6.07, 6.45) is 0. The molecule has 0 saturated carbocycles. The molecule has 0 amide bonds. The molecular weight excluding hydrogens is 342 g/mol. The summed E-state index contributed by atoms with van der Waals surface area (Å²) in [5, 5.41) is 8.77. The highest BCUT2D eigenvalue weighted by Gasteiger charge is 2.21. The SMILES string of the molecule is Cc1ccc(NC(=S)N2CCN(Cc3c(C)nn(C)c3C)CC2)c(C)c1. The predicted molar refractivity (Wildman–Crippen MR) is 112 cm³/mol. The molecule has 1 aromatic heterocycles. The van der Waals surface area contributed by atoms with Crippen molar-refractivity contribution in [1.82, 2.24) is 19.6 Å². The first kappa shape index (κ1) is 18.9. The van der Waals surface area contributed by atoms with Crippen LogP contribution in [0.15, 0.2) is 18.2 Å². The molecule has 1 aliphatic heterocycles. The summed E-state index contributed by atoms with van der Waals surface area (Å²) in [6, 6.07) is 6.41. The van der Waals surface area contributed by atoms with Gasteiger partial charge in [-0.25, -0.2) is 0 Å². The Morgan fingerprint density at radius 1 is 1.12 bits per heavy atom. The number of hydrogen-bond donors (Lipinski definition) is 1. The Kier molecular flexibility index (Phi) is 5.63. The zero-order chi connectivity index (χ0) is 18.8. The molecule has 0 radical (unpaired) electrons. The van der Waals surface area contributed by atoms with Gasteiger partial charge in [0, 0.05) is 56.7 Å². The number of piperazine rings is 1. The second kappa shape index (κ2) is 7.76. The number of nitrogens with zero attached hydrogens (tertiary/aromatic N) is 4. The summed E-state index contributed by atoms with van der Waals surface area (Å²) in [6.45, 7) is 13.4. The zero-order valence-electron chi connectivity index (χ0n) is 16.5. The van der Waals surface area contributed by atoms with Crippen LogP contribution in [0, 0.1) is 27.7 Å². The molecule has 26 heavy (non-hydrogen) atoms. The van der Waals surface area contributed by atoms with Crippen molar-refractivity contribution in [3.8, 4) is 0 Å². The molecule has 1 saturated heterocycles. The molecule has 140 valence electrons. The van der Waals surface area contributed by atoms with Crippen LogP contribution in [0.25, 0.3) is 0 Å². The fraction of sp³-hybridized carbons (Fsp3) is 0.500. The maximum atomic E-state index is 5.64. The first-order valence-electron chi connectivity index (χ1n) is 9.19. The minimum Gasteiger partial charge on any atom is -0.346 e. The van der Waals surface area contributed by atoms with E-state index in [9.17, 15) is 0 Å².